The maximum atomic E-state index is 13.5. The highest BCUT2D eigenvalue weighted by Crippen LogP contribution is 2.18. The molecule has 0 unspecified atom stereocenters. The summed E-state index contributed by atoms with van der Waals surface area (Å²) in [7, 11) is 0. The van der Waals surface area contributed by atoms with E-state index in [9.17, 15) is 13.6 Å². The Balaban J connectivity index is 1.95. The lowest BCUT2D eigenvalue weighted by Gasteiger charge is -2.07. The van der Waals surface area contributed by atoms with Crippen molar-refractivity contribution in [2.24, 2.45) is 0 Å². The minimum Gasteiger partial charge on any atom is -0.352 e. The van der Waals surface area contributed by atoms with Gasteiger partial charge in [-0.25, -0.2) is 18.7 Å². The van der Waals surface area contributed by atoms with Crippen molar-refractivity contribution in [3.05, 3.63) is 47.8 Å². The Morgan fingerprint density at radius 2 is 1.91 bits per heavy atom. The monoisotopic (exact) mass is 320 g/mol. The number of anilines is 2. The summed E-state index contributed by atoms with van der Waals surface area (Å²) < 4.78 is 26.4. The normalized spacial score (nSPS) is 10.4. The summed E-state index contributed by atoms with van der Waals surface area (Å²) in [5.74, 6) is -1.53. The molecular formula is C16H18F2N4O. The fourth-order valence-corrected chi connectivity index (χ4v) is 1.90. The average molecular weight is 320 g/mol. The van der Waals surface area contributed by atoms with Crippen LogP contribution in [0.2, 0.25) is 0 Å². The fourth-order valence-electron chi connectivity index (χ4n) is 1.90. The van der Waals surface area contributed by atoms with Crippen LogP contribution in [0.15, 0.2) is 30.6 Å². The topological polar surface area (TPSA) is 66.9 Å². The molecule has 1 heterocycles. The maximum Gasteiger partial charge on any atom is 0.254 e. The van der Waals surface area contributed by atoms with Crippen LogP contribution in [0.25, 0.3) is 0 Å². The number of carbonyl (C=O) groups excluding carboxylic acids is 1. The molecule has 23 heavy (non-hydrogen) atoms. The van der Waals surface area contributed by atoms with Crippen LogP contribution in [0.1, 0.15) is 36.5 Å². The molecule has 0 aliphatic rings. The number of halogens is 2. The number of aromatic nitrogens is 2. The molecule has 122 valence electrons. The molecule has 0 saturated heterocycles. The van der Waals surface area contributed by atoms with Gasteiger partial charge in [0.25, 0.3) is 5.91 Å². The van der Waals surface area contributed by atoms with Crippen molar-refractivity contribution in [2.45, 2.75) is 26.2 Å². The van der Waals surface area contributed by atoms with Gasteiger partial charge in [0.1, 0.15) is 11.6 Å². The Morgan fingerprint density at radius 3 is 2.57 bits per heavy atom. The number of carbonyl (C=O) groups is 1. The zero-order valence-electron chi connectivity index (χ0n) is 12.8. The zero-order chi connectivity index (χ0) is 16.7. The third-order valence-corrected chi connectivity index (χ3v) is 3.16. The lowest BCUT2D eigenvalue weighted by Crippen LogP contribution is -2.24. The van der Waals surface area contributed by atoms with E-state index in [0.717, 1.165) is 31.4 Å². The molecule has 2 rings (SSSR count). The third kappa shape index (κ3) is 4.98. The van der Waals surface area contributed by atoms with Gasteiger partial charge in [0.2, 0.25) is 5.95 Å². The molecule has 5 nitrogen and oxygen atoms in total. The first-order valence-electron chi connectivity index (χ1n) is 7.42. The number of nitrogens with one attached hydrogen (secondary N) is 2. The van der Waals surface area contributed by atoms with E-state index in [-0.39, 0.29) is 17.5 Å². The van der Waals surface area contributed by atoms with E-state index in [0.29, 0.717) is 12.1 Å². The van der Waals surface area contributed by atoms with Gasteiger partial charge in [-0.05, 0) is 18.6 Å². The molecule has 0 atom stereocenters. The number of unbranched alkanes of at least 4 members (excludes halogenated alkanes) is 2. The molecular weight excluding hydrogens is 302 g/mol. The molecule has 1 aromatic carbocycles. The molecule has 0 aliphatic heterocycles. The van der Waals surface area contributed by atoms with Gasteiger partial charge in [0.05, 0.1) is 11.3 Å². The molecule has 0 radical (unpaired) electrons. The van der Waals surface area contributed by atoms with Crippen LogP contribution in [0.5, 0.6) is 0 Å². The number of benzene rings is 1. The number of hydrogen-bond donors (Lipinski definition) is 2. The van der Waals surface area contributed by atoms with E-state index in [4.69, 9.17) is 0 Å². The summed E-state index contributed by atoms with van der Waals surface area (Å²) in [6, 6.07) is 3.15. The van der Waals surface area contributed by atoms with Crippen molar-refractivity contribution in [3.8, 4) is 0 Å². The smallest absolute Gasteiger partial charge is 0.254 e. The van der Waals surface area contributed by atoms with Crippen LogP contribution in [0.4, 0.5) is 20.4 Å². The average Bonchev–Trinajstić information content (AvgIpc) is 2.55. The van der Waals surface area contributed by atoms with Crippen molar-refractivity contribution in [2.75, 3.05) is 11.9 Å². The third-order valence-electron chi connectivity index (χ3n) is 3.16. The lowest BCUT2D eigenvalue weighted by molar-refractivity contribution is 0.0952. The van der Waals surface area contributed by atoms with Crippen molar-refractivity contribution in [1.82, 2.24) is 15.3 Å². The van der Waals surface area contributed by atoms with Gasteiger partial charge < -0.3 is 10.6 Å². The number of hydrogen-bond acceptors (Lipinski definition) is 4. The zero-order valence-corrected chi connectivity index (χ0v) is 12.8. The van der Waals surface area contributed by atoms with Crippen molar-refractivity contribution >= 4 is 17.5 Å². The Hall–Kier alpha value is -2.57. The summed E-state index contributed by atoms with van der Waals surface area (Å²) in [4.78, 5) is 19.8. The second-order valence-electron chi connectivity index (χ2n) is 5.01. The number of amides is 1. The predicted molar refractivity (Wildman–Crippen MR) is 83.5 cm³/mol. The molecule has 1 amide bonds. The highest BCUT2D eigenvalue weighted by atomic mass is 19.1. The first-order chi connectivity index (χ1) is 11.1. The van der Waals surface area contributed by atoms with E-state index >= 15 is 0 Å². The Kier molecular flexibility index (Phi) is 5.96. The highest BCUT2D eigenvalue weighted by molar-refractivity contribution is 5.93. The molecule has 0 bridgehead atoms. The van der Waals surface area contributed by atoms with Gasteiger partial charge in [0, 0.05) is 25.0 Å². The molecule has 2 N–H and O–H groups in total. The van der Waals surface area contributed by atoms with E-state index in [1.54, 1.807) is 0 Å². The van der Waals surface area contributed by atoms with Gasteiger partial charge in [-0.2, -0.15) is 0 Å². The van der Waals surface area contributed by atoms with Crippen LogP contribution in [-0.2, 0) is 0 Å². The van der Waals surface area contributed by atoms with E-state index in [1.165, 1.54) is 18.5 Å². The first-order valence-corrected chi connectivity index (χ1v) is 7.42. The second-order valence-corrected chi connectivity index (χ2v) is 5.01. The van der Waals surface area contributed by atoms with Gasteiger partial charge in [0.15, 0.2) is 0 Å². The Morgan fingerprint density at radius 1 is 1.17 bits per heavy atom. The predicted octanol–water partition coefficient (Wildman–Crippen LogP) is 3.42. The molecule has 7 heteroatoms. The van der Waals surface area contributed by atoms with Gasteiger partial charge in [-0.1, -0.05) is 19.8 Å². The van der Waals surface area contributed by atoms with Crippen LogP contribution in [0, 0.1) is 11.6 Å². The van der Waals surface area contributed by atoms with Gasteiger partial charge in [-0.3, -0.25) is 4.79 Å². The summed E-state index contributed by atoms with van der Waals surface area (Å²) in [5, 5.41) is 5.41. The maximum absolute atomic E-state index is 13.5. The summed E-state index contributed by atoms with van der Waals surface area (Å²) >= 11 is 0. The molecule has 0 saturated carbocycles. The Bertz CT molecular complexity index is 662. The quantitative estimate of drug-likeness (QED) is 0.767. The van der Waals surface area contributed by atoms with E-state index < -0.39 is 11.6 Å². The minimum absolute atomic E-state index is 0.0585. The van der Waals surface area contributed by atoms with Crippen LogP contribution >= 0.6 is 0 Å². The minimum atomic E-state index is -0.744. The van der Waals surface area contributed by atoms with Crippen molar-refractivity contribution in [3.63, 3.8) is 0 Å². The van der Waals surface area contributed by atoms with Crippen LogP contribution in [-0.4, -0.2) is 22.4 Å². The summed E-state index contributed by atoms with van der Waals surface area (Å²) in [6.07, 6.45) is 5.77. The SMILES string of the molecule is CCCCCNC(=O)c1cnc(Nc2ccc(F)cc2F)nc1. The molecule has 0 aliphatic carbocycles. The molecule has 2 aromatic rings. The van der Waals surface area contributed by atoms with Crippen molar-refractivity contribution < 1.29 is 13.6 Å². The van der Waals surface area contributed by atoms with E-state index in [2.05, 4.69) is 27.5 Å². The number of rotatable bonds is 7. The first kappa shape index (κ1) is 16.8. The van der Waals surface area contributed by atoms with Gasteiger partial charge >= 0.3 is 0 Å². The molecule has 0 fully saturated rings. The van der Waals surface area contributed by atoms with Gasteiger partial charge in [-0.15, -0.1) is 0 Å². The lowest BCUT2D eigenvalue weighted by atomic mass is 10.2. The standard InChI is InChI=1S/C16H18F2N4O/c1-2-3-4-7-19-15(23)11-9-20-16(21-10-11)22-14-6-5-12(17)8-13(14)18/h5-6,8-10H,2-4,7H2,1H3,(H,19,23)(H,20,21,22). The molecule has 1 aromatic heterocycles. The number of nitrogens with zero attached hydrogens (tertiary/aromatic N) is 2. The Labute approximate surface area is 133 Å². The van der Waals surface area contributed by atoms with Crippen LogP contribution in [0.3, 0.4) is 0 Å². The second kappa shape index (κ2) is 8.17. The summed E-state index contributed by atoms with van der Waals surface area (Å²) in [6.45, 7) is 2.69. The fraction of sp³-hybridized carbons (Fsp3) is 0.312. The van der Waals surface area contributed by atoms with E-state index in [1.807, 2.05) is 0 Å². The summed E-state index contributed by atoms with van der Waals surface area (Å²) in [5.41, 5.74) is 0.384. The molecule has 0 spiro atoms. The largest absolute Gasteiger partial charge is 0.352 e. The highest BCUT2D eigenvalue weighted by Gasteiger charge is 2.08. The van der Waals surface area contributed by atoms with Crippen molar-refractivity contribution in [1.29, 1.82) is 0 Å². The van der Waals surface area contributed by atoms with Crippen LogP contribution < -0.4 is 10.6 Å².